The molecule has 1 N–H and O–H groups in total. The molecule has 0 radical (unpaired) electrons. The van der Waals surface area contributed by atoms with Crippen molar-refractivity contribution in [2.75, 3.05) is 25.0 Å². The quantitative estimate of drug-likeness (QED) is 0.906. The first-order valence-electron chi connectivity index (χ1n) is 7.27. The van der Waals surface area contributed by atoms with Gasteiger partial charge in [-0.05, 0) is 31.7 Å². The second-order valence-corrected chi connectivity index (χ2v) is 7.09. The normalized spacial score (nSPS) is 20.8. The molecule has 0 amide bonds. The van der Waals surface area contributed by atoms with Crippen LogP contribution in [0.3, 0.4) is 0 Å². The van der Waals surface area contributed by atoms with Gasteiger partial charge in [-0.15, -0.1) is 0 Å². The van der Waals surface area contributed by atoms with Gasteiger partial charge in [-0.25, -0.2) is 8.42 Å². The van der Waals surface area contributed by atoms with Crippen molar-refractivity contribution in [3.63, 3.8) is 0 Å². The predicted molar refractivity (Wildman–Crippen MR) is 80.2 cm³/mol. The maximum atomic E-state index is 12.8. The van der Waals surface area contributed by atoms with Crippen LogP contribution in [-0.2, 0) is 10.0 Å². The summed E-state index contributed by atoms with van der Waals surface area (Å²) in [7, 11) is -3.45. The molecule has 2 rings (SSSR count). The second kappa shape index (κ2) is 6.54. The van der Waals surface area contributed by atoms with Crippen molar-refractivity contribution in [2.45, 2.75) is 38.0 Å². The lowest BCUT2D eigenvalue weighted by Gasteiger charge is -2.31. The van der Waals surface area contributed by atoms with Crippen LogP contribution in [0.5, 0.6) is 0 Å². The van der Waals surface area contributed by atoms with Gasteiger partial charge in [0.1, 0.15) is 4.90 Å². The topological polar surface area (TPSA) is 62.3 Å². The number of hydrogen-bond donors (Lipinski definition) is 1. The summed E-state index contributed by atoms with van der Waals surface area (Å²) in [5, 5.41) is 3.10. The number of nitrogens with one attached hydrogen (secondary N) is 1. The van der Waals surface area contributed by atoms with Crippen LogP contribution >= 0.6 is 0 Å². The maximum absolute atomic E-state index is 12.8. The lowest BCUT2D eigenvalue weighted by molar-refractivity contribution is 0.261. The molecule has 1 fully saturated rings. The lowest BCUT2D eigenvalue weighted by Crippen LogP contribution is -2.40. The largest absolute Gasteiger partial charge is 0.384 e. The molecule has 1 aliphatic heterocycles. The Kier molecular flexibility index (Phi) is 4.99. The number of pyridine rings is 1. The first-order valence-corrected chi connectivity index (χ1v) is 8.71. The molecule has 1 saturated heterocycles. The Morgan fingerprint density at radius 2 is 2.25 bits per heavy atom. The van der Waals surface area contributed by atoms with E-state index in [1.54, 1.807) is 16.6 Å². The molecule has 1 unspecified atom stereocenters. The molecular formula is C14H23N3O2S. The molecule has 0 spiro atoms. The fourth-order valence-corrected chi connectivity index (χ4v) is 4.31. The Morgan fingerprint density at radius 3 is 2.95 bits per heavy atom. The first-order chi connectivity index (χ1) is 9.59. The van der Waals surface area contributed by atoms with Crippen LogP contribution in [0.4, 0.5) is 5.69 Å². The van der Waals surface area contributed by atoms with Gasteiger partial charge in [0.25, 0.3) is 0 Å². The van der Waals surface area contributed by atoms with E-state index in [0.29, 0.717) is 36.1 Å². The summed E-state index contributed by atoms with van der Waals surface area (Å²) in [6, 6.07) is 1.72. The Bertz CT molecular complexity index is 545. The molecule has 0 aliphatic carbocycles. The van der Waals surface area contributed by atoms with Crippen molar-refractivity contribution in [1.82, 2.24) is 9.29 Å². The number of rotatable bonds is 5. The van der Waals surface area contributed by atoms with Gasteiger partial charge in [0.2, 0.25) is 10.0 Å². The van der Waals surface area contributed by atoms with Crippen LogP contribution in [0, 0.1) is 5.92 Å². The van der Waals surface area contributed by atoms with E-state index in [2.05, 4.69) is 17.2 Å². The van der Waals surface area contributed by atoms with E-state index in [4.69, 9.17) is 0 Å². The molecular weight excluding hydrogens is 274 g/mol. The SMILES string of the molecule is CCNc1ccncc1S(=O)(=O)N1CCCC(CC)C1. The minimum Gasteiger partial charge on any atom is -0.384 e. The van der Waals surface area contributed by atoms with Crippen LogP contribution in [0.2, 0.25) is 0 Å². The highest BCUT2D eigenvalue weighted by Gasteiger charge is 2.31. The molecule has 0 aromatic carbocycles. The second-order valence-electron chi connectivity index (χ2n) is 5.18. The van der Waals surface area contributed by atoms with Crippen molar-refractivity contribution in [3.05, 3.63) is 18.5 Å². The van der Waals surface area contributed by atoms with E-state index in [9.17, 15) is 8.42 Å². The van der Waals surface area contributed by atoms with Gasteiger partial charge in [-0.3, -0.25) is 4.98 Å². The van der Waals surface area contributed by atoms with Crippen LogP contribution in [-0.4, -0.2) is 37.3 Å². The standard InChI is InChI=1S/C14H23N3O2S/c1-3-12-6-5-9-17(11-12)20(18,19)14-10-15-8-7-13(14)16-4-2/h7-8,10,12H,3-6,9,11H2,1-2H3,(H,15,16). The number of anilines is 1. The highest BCUT2D eigenvalue weighted by Crippen LogP contribution is 2.28. The Balaban J connectivity index is 2.30. The van der Waals surface area contributed by atoms with Crippen molar-refractivity contribution in [3.8, 4) is 0 Å². The van der Waals surface area contributed by atoms with Crippen molar-refractivity contribution in [1.29, 1.82) is 0 Å². The molecule has 1 aliphatic rings. The first kappa shape index (κ1) is 15.3. The molecule has 0 bridgehead atoms. The molecule has 0 saturated carbocycles. The smallest absolute Gasteiger partial charge is 0.246 e. The van der Waals surface area contributed by atoms with E-state index in [1.165, 1.54) is 6.20 Å². The Morgan fingerprint density at radius 1 is 1.45 bits per heavy atom. The number of aromatic nitrogens is 1. The van der Waals surface area contributed by atoms with E-state index in [-0.39, 0.29) is 0 Å². The third-order valence-electron chi connectivity index (χ3n) is 3.83. The maximum Gasteiger partial charge on any atom is 0.246 e. The highest BCUT2D eigenvalue weighted by atomic mass is 32.2. The summed E-state index contributed by atoms with van der Waals surface area (Å²) in [5.74, 6) is 0.470. The number of nitrogens with zero attached hydrogens (tertiary/aromatic N) is 2. The summed E-state index contributed by atoms with van der Waals surface area (Å²) >= 11 is 0. The summed E-state index contributed by atoms with van der Waals surface area (Å²) in [6.45, 7) is 5.99. The van der Waals surface area contributed by atoms with Gasteiger partial charge >= 0.3 is 0 Å². The van der Waals surface area contributed by atoms with Gasteiger partial charge in [0.05, 0.1) is 5.69 Å². The van der Waals surface area contributed by atoms with Crippen LogP contribution in [0.15, 0.2) is 23.4 Å². The molecule has 2 heterocycles. The monoisotopic (exact) mass is 297 g/mol. The minimum absolute atomic E-state index is 0.290. The summed E-state index contributed by atoms with van der Waals surface area (Å²) < 4.78 is 27.2. The zero-order valence-electron chi connectivity index (χ0n) is 12.2. The number of hydrogen-bond acceptors (Lipinski definition) is 4. The third-order valence-corrected chi connectivity index (χ3v) is 5.72. The molecule has 1 aromatic heterocycles. The number of piperidine rings is 1. The lowest BCUT2D eigenvalue weighted by atomic mass is 9.97. The highest BCUT2D eigenvalue weighted by molar-refractivity contribution is 7.89. The summed E-state index contributed by atoms with van der Waals surface area (Å²) in [6.07, 6.45) is 6.15. The molecule has 5 nitrogen and oxygen atoms in total. The van der Waals surface area contributed by atoms with Crippen molar-refractivity contribution in [2.24, 2.45) is 5.92 Å². The Hall–Kier alpha value is -1.14. The van der Waals surface area contributed by atoms with Gasteiger partial charge in [-0.1, -0.05) is 13.3 Å². The average Bonchev–Trinajstić information content (AvgIpc) is 2.48. The number of sulfonamides is 1. The summed E-state index contributed by atoms with van der Waals surface area (Å²) in [4.78, 5) is 4.27. The van der Waals surface area contributed by atoms with Crippen molar-refractivity contribution >= 4 is 15.7 Å². The van der Waals surface area contributed by atoms with Gasteiger partial charge in [0.15, 0.2) is 0 Å². The fraction of sp³-hybridized carbons (Fsp3) is 0.643. The van der Waals surface area contributed by atoms with E-state index in [1.807, 2.05) is 6.92 Å². The molecule has 1 aromatic rings. The van der Waals surface area contributed by atoms with Crippen LogP contribution < -0.4 is 5.32 Å². The van der Waals surface area contributed by atoms with Gasteiger partial charge < -0.3 is 5.32 Å². The molecule has 1 atom stereocenters. The third kappa shape index (κ3) is 3.12. The van der Waals surface area contributed by atoms with Crippen LogP contribution in [0.1, 0.15) is 33.1 Å². The van der Waals surface area contributed by atoms with Gasteiger partial charge in [0, 0.05) is 32.0 Å². The minimum atomic E-state index is -3.45. The molecule has 20 heavy (non-hydrogen) atoms. The predicted octanol–water partition coefficient (Wildman–Crippen LogP) is 2.32. The fourth-order valence-electron chi connectivity index (χ4n) is 2.64. The van der Waals surface area contributed by atoms with E-state index in [0.717, 1.165) is 19.3 Å². The van der Waals surface area contributed by atoms with E-state index < -0.39 is 10.0 Å². The zero-order valence-corrected chi connectivity index (χ0v) is 13.0. The zero-order chi connectivity index (χ0) is 14.6. The average molecular weight is 297 g/mol. The molecule has 6 heteroatoms. The summed E-state index contributed by atoms with van der Waals surface area (Å²) in [5.41, 5.74) is 0.640. The molecule has 112 valence electrons. The Labute approximate surface area is 121 Å². The van der Waals surface area contributed by atoms with E-state index >= 15 is 0 Å². The van der Waals surface area contributed by atoms with Crippen LogP contribution in [0.25, 0.3) is 0 Å². The van der Waals surface area contributed by atoms with Gasteiger partial charge in [-0.2, -0.15) is 4.31 Å². The van der Waals surface area contributed by atoms with Crippen molar-refractivity contribution < 1.29 is 8.42 Å².